The van der Waals surface area contributed by atoms with Crippen molar-refractivity contribution in [1.29, 1.82) is 0 Å². The van der Waals surface area contributed by atoms with Crippen molar-refractivity contribution in [2.45, 2.75) is 49.9 Å². The van der Waals surface area contributed by atoms with E-state index >= 15 is 0 Å². The van der Waals surface area contributed by atoms with E-state index in [4.69, 9.17) is 4.74 Å². The number of hydrogen-bond acceptors (Lipinski definition) is 4. The zero-order valence-corrected chi connectivity index (χ0v) is 13.3. The summed E-state index contributed by atoms with van der Waals surface area (Å²) in [6.07, 6.45) is 4.05. The molecular weight excluding hydrogens is 302 g/mol. The Bertz CT molecular complexity index is 650. The Hall–Kier alpha value is -1.40. The van der Waals surface area contributed by atoms with Gasteiger partial charge in [0.05, 0.1) is 11.9 Å². The highest BCUT2D eigenvalue weighted by Crippen LogP contribution is 2.28. The van der Waals surface area contributed by atoms with Crippen molar-refractivity contribution in [3.05, 3.63) is 35.4 Å². The largest absolute Gasteiger partial charge is 0.363 e. The summed E-state index contributed by atoms with van der Waals surface area (Å²) in [5.74, 6) is -0.572. The molecule has 0 bridgehead atoms. The predicted octanol–water partition coefficient (Wildman–Crippen LogP) is 2.08. The summed E-state index contributed by atoms with van der Waals surface area (Å²) in [7, 11) is -3.61. The van der Waals surface area contributed by atoms with Crippen LogP contribution in [0.2, 0.25) is 0 Å². The number of amides is 1. The topological polar surface area (TPSA) is 72.5 Å². The number of carbonyl (C=O) groups excluding carboxylic acids is 1. The van der Waals surface area contributed by atoms with Crippen LogP contribution in [-0.2, 0) is 26.0 Å². The van der Waals surface area contributed by atoms with Crippen molar-refractivity contribution in [2.75, 3.05) is 6.61 Å². The van der Waals surface area contributed by atoms with Gasteiger partial charge >= 0.3 is 0 Å². The first-order valence-electron chi connectivity index (χ1n) is 7.83. The highest BCUT2D eigenvalue weighted by atomic mass is 32.2. The zero-order chi connectivity index (χ0) is 15.6. The van der Waals surface area contributed by atoms with Gasteiger partial charge in [0.15, 0.2) is 6.10 Å². The average Bonchev–Trinajstić information content (AvgIpc) is 2.54. The molecule has 1 N–H and O–H groups in total. The van der Waals surface area contributed by atoms with E-state index in [9.17, 15) is 13.2 Å². The minimum absolute atomic E-state index is 0.429. The van der Waals surface area contributed by atoms with Gasteiger partial charge in [-0.1, -0.05) is 43.5 Å². The van der Waals surface area contributed by atoms with Crippen LogP contribution in [0.5, 0.6) is 0 Å². The van der Waals surface area contributed by atoms with Crippen LogP contribution in [-0.4, -0.2) is 26.2 Å². The Kier molecular flexibility index (Phi) is 4.49. The molecule has 1 aromatic carbocycles. The number of benzene rings is 1. The third kappa shape index (κ3) is 3.17. The molecule has 2 aliphatic rings. The Morgan fingerprint density at radius 2 is 1.86 bits per heavy atom. The summed E-state index contributed by atoms with van der Waals surface area (Å²) in [6.45, 7) is 0.429. The van der Waals surface area contributed by atoms with Gasteiger partial charge in [0.25, 0.3) is 5.91 Å². The number of ether oxygens (including phenoxy) is 1. The van der Waals surface area contributed by atoms with Crippen LogP contribution in [0.4, 0.5) is 0 Å². The Labute approximate surface area is 131 Å². The van der Waals surface area contributed by atoms with Crippen molar-refractivity contribution >= 4 is 15.9 Å². The van der Waals surface area contributed by atoms with Crippen molar-refractivity contribution in [1.82, 2.24) is 4.72 Å². The van der Waals surface area contributed by atoms with Gasteiger partial charge in [-0.2, -0.15) is 0 Å². The molecule has 1 aromatic rings. The van der Waals surface area contributed by atoms with Gasteiger partial charge in [0, 0.05) is 0 Å². The highest BCUT2D eigenvalue weighted by molar-refractivity contribution is 7.90. The lowest BCUT2D eigenvalue weighted by molar-refractivity contribution is -0.132. The van der Waals surface area contributed by atoms with E-state index in [1.54, 1.807) is 0 Å². The monoisotopic (exact) mass is 323 g/mol. The molecule has 0 radical (unpaired) electrons. The van der Waals surface area contributed by atoms with Gasteiger partial charge in [0.2, 0.25) is 10.0 Å². The van der Waals surface area contributed by atoms with Crippen LogP contribution >= 0.6 is 0 Å². The second-order valence-corrected chi connectivity index (χ2v) is 7.93. The number of rotatable bonds is 3. The Morgan fingerprint density at radius 3 is 2.64 bits per heavy atom. The van der Waals surface area contributed by atoms with Gasteiger partial charge in [-0.3, -0.25) is 9.52 Å². The van der Waals surface area contributed by atoms with E-state index in [1.165, 1.54) is 0 Å². The summed E-state index contributed by atoms with van der Waals surface area (Å²) >= 11 is 0. The van der Waals surface area contributed by atoms with Crippen LogP contribution in [0.25, 0.3) is 0 Å². The second-order valence-electron chi connectivity index (χ2n) is 5.97. The van der Waals surface area contributed by atoms with E-state index < -0.39 is 27.3 Å². The van der Waals surface area contributed by atoms with Crippen molar-refractivity contribution < 1.29 is 17.9 Å². The molecule has 0 unspecified atom stereocenters. The standard InChI is InChI=1S/C16H21NO4S/c18-16(17-22(19,20)13-7-2-1-3-8-13)15-14-9-5-4-6-12(14)10-11-21-15/h4-6,9,13,15H,1-3,7-8,10-11H2,(H,17,18)/t15-/m1/s1. The molecule has 120 valence electrons. The molecule has 1 heterocycles. The van der Waals surface area contributed by atoms with Crippen molar-refractivity contribution in [2.24, 2.45) is 0 Å². The number of fused-ring (bicyclic) bond motifs is 1. The molecule has 5 nitrogen and oxygen atoms in total. The molecule has 1 aliphatic carbocycles. The predicted molar refractivity (Wildman–Crippen MR) is 82.8 cm³/mol. The molecule has 6 heteroatoms. The van der Waals surface area contributed by atoms with Crippen molar-refractivity contribution in [3.63, 3.8) is 0 Å². The van der Waals surface area contributed by atoms with E-state index in [-0.39, 0.29) is 0 Å². The normalized spacial score (nSPS) is 22.8. The maximum Gasteiger partial charge on any atom is 0.267 e. The van der Waals surface area contributed by atoms with Gasteiger partial charge < -0.3 is 4.74 Å². The number of nitrogens with one attached hydrogen (secondary N) is 1. The third-order valence-corrected chi connectivity index (χ3v) is 6.30. The summed E-state index contributed by atoms with van der Waals surface area (Å²) in [5, 5.41) is -0.455. The minimum Gasteiger partial charge on any atom is -0.363 e. The van der Waals surface area contributed by atoms with Crippen LogP contribution in [0, 0.1) is 0 Å². The molecule has 0 saturated heterocycles. The third-order valence-electron chi connectivity index (χ3n) is 4.47. The summed E-state index contributed by atoms with van der Waals surface area (Å²) in [5.41, 5.74) is 1.81. The van der Waals surface area contributed by atoms with Gasteiger partial charge in [-0.15, -0.1) is 0 Å². The second kappa shape index (κ2) is 6.38. The number of carbonyl (C=O) groups is 1. The quantitative estimate of drug-likeness (QED) is 0.924. The highest BCUT2D eigenvalue weighted by Gasteiger charge is 2.33. The molecule has 0 spiro atoms. The Balaban J connectivity index is 1.75. The minimum atomic E-state index is -3.61. The molecule has 1 amide bonds. The van der Waals surface area contributed by atoms with Crippen LogP contribution in [0.1, 0.15) is 49.3 Å². The maximum absolute atomic E-state index is 12.4. The zero-order valence-electron chi connectivity index (χ0n) is 12.5. The smallest absolute Gasteiger partial charge is 0.267 e. The summed E-state index contributed by atoms with van der Waals surface area (Å²) in [6, 6.07) is 7.53. The maximum atomic E-state index is 12.4. The molecule has 1 atom stereocenters. The van der Waals surface area contributed by atoms with Gasteiger partial charge in [-0.05, 0) is 30.4 Å². The number of sulfonamides is 1. The van der Waals surface area contributed by atoms with Crippen LogP contribution < -0.4 is 4.72 Å². The van der Waals surface area contributed by atoms with E-state index in [0.29, 0.717) is 19.4 Å². The summed E-state index contributed by atoms with van der Waals surface area (Å²) in [4.78, 5) is 12.4. The first-order chi connectivity index (χ1) is 10.6. The van der Waals surface area contributed by atoms with Gasteiger partial charge in [0.1, 0.15) is 0 Å². The molecule has 1 saturated carbocycles. The SMILES string of the molecule is O=C(NS(=O)(=O)C1CCCCC1)[C@@H]1OCCc2ccccc21. The molecule has 0 aromatic heterocycles. The lowest BCUT2D eigenvalue weighted by Gasteiger charge is -2.27. The number of hydrogen-bond donors (Lipinski definition) is 1. The fourth-order valence-corrected chi connectivity index (χ4v) is 4.77. The molecule has 1 aliphatic heterocycles. The van der Waals surface area contributed by atoms with Crippen LogP contribution in [0.15, 0.2) is 24.3 Å². The van der Waals surface area contributed by atoms with E-state index in [0.717, 1.165) is 36.8 Å². The molecule has 3 rings (SSSR count). The van der Waals surface area contributed by atoms with E-state index in [2.05, 4.69) is 4.72 Å². The van der Waals surface area contributed by atoms with Crippen molar-refractivity contribution in [3.8, 4) is 0 Å². The fourth-order valence-electron chi connectivity index (χ4n) is 3.26. The molecular formula is C16H21NO4S. The lowest BCUT2D eigenvalue weighted by Crippen LogP contribution is -2.42. The van der Waals surface area contributed by atoms with Gasteiger partial charge in [-0.25, -0.2) is 8.42 Å². The first-order valence-corrected chi connectivity index (χ1v) is 9.37. The fraction of sp³-hybridized carbons (Fsp3) is 0.562. The summed E-state index contributed by atoms with van der Waals surface area (Å²) < 4.78 is 32.5. The first kappa shape index (κ1) is 15.5. The molecule has 1 fully saturated rings. The lowest BCUT2D eigenvalue weighted by atomic mass is 9.97. The Morgan fingerprint density at radius 1 is 1.14 bits per heavy atom. The van der Waals surface area contributed by atoms with E-state index in [1.807, 2.05) is 24.3 Å². The molecule has 22 heavy (non-hydrogen) atoms. The van der Waals surface area contributed by atoms with Crippen LogP contribution in [0.3, 0.4) is 0 Å². The average molecular weight is 323 g/mol.